The van der Waals surface area contributed by atoms with E-state index in [4.69, 9.17) is 4.74 Å². The minimum absolute atomic E-state index is 0.110. The maximum absolute atomic E-state index is 12.1. The van der Waals surface area contributed by atoms with Gasteiger partial charge in [0.05, 0.1) is 19.3 Å². The van der Waals surface area contributed by atoms with Crippen molar-refractivity contribution in [1.82, 2.24) is 9.78 Å². The molecule has 1 heterocycles. The summed E-state index contributed by atoms with van der Waals surface area (Å²) in [6.45, 7) is 0.458. The molecule has 116 valence electrons. The van der Waals surface area contributed by atoms with Crippen molar-refractivity contribution in [2.45, 2.75) is 6.54 Å². The lowest BCUT2D eigenvalue weighted by Gasteiger charge is -2.08. The fourth-order valence-corrected chi connectivity index (χ4v) is 2.60. The average molecular weight is 418 g/mol. The smallest absolute Gasteiger partial charge is 0.267 e. The topological polar surface area (TPSA) is 44.1 Å². The SMILES string of the molecule is COc1ccc(-c2ccc(=O)n(Cc3ccc(I)cc3)n2)cc1. The van der Waals surface area contributed by atoms with Crippen LogP contribution in [0.2, 0.25) is 0 Å². The standard InChI is InChI=1S/C18H15IN2O2/c1-23-16-8-4-14(5-9-16)17-10-11-18(22)21(20-17)12-13-2-6-15(19)7-3-13/h2-11H,12H2,1H3. The second-order valence-corrected chi connectivity index (χ2v) is 6.32. The Hall–Kier alpha value is -2.15. The van der Waals surface area contributed by atoms with E-state index in [9.17, 15) is 4.79 Å². The van der Waals surface area contributed by atoms with Gasteiger partial charge in [-0.05, 0) is 70.6 Å². The molecule has 5 heteroatoms. The molecule has 0 unspecified atom stereocenters. The van der Waals surface area contributed by atoms with Crippen molar-refractivity contribution in [3.05, 3.63) is 80.2 Å². The highest BCUT2D eigenvalue weighted by Crippen LogP contribution is 2.19. The van der Waals surface area contributed by atoms with E-state index in [2.05, 4.69) is 27.7 Å². The van der Waals surface area contributed by atoms with Crippen LogP contribution in [0.3, 0.4) is 0 Å². The summed E-state index contributed by atoms with van der Waals surface area (Å²) in [5, 5.41) is 4.48. The predicted molar refractivity (Wildman–Crippen MR) is 98.7 cm³/mol. The molecule has 0 aliphatic carbocycles. The molecule has 0 bridgehead atoms. The summed E-state index contributed by atoms with van der Waals surface area (Å²) >= 11 is 2.26. The first kappa shape index (κ1) is 15.7. The highest BCUT2D eigenvalue weighted by atomic mass is 127. The number of benzene rings is 2. The monoisotopic (exact) mass is 418 g/mol. The highest BCUT2D eigenvalue weighted by molar-refractivity contribution is 14.1. The molecule has 0 radical (unpaired) electrons. The van der Waals surface area contributed by atoms with Gasteiger partial charge in [-0.1, -0.05) is 12.1 Å². The van der Waals surface area contributed by atoms with Crippen molar-refractivity contribution < 1.29 is 4.74 Å². The van der Waals surface area contributed by atoms with Crippen LogP contribution in [0.1, 0.15) is 5.56 Å². The first-order valence-corrected chi connectivity index (χ1v) is 8.20. The Morgan fingerprint density at radius 2 is 1.70 bits per heavy atom. The van der Waals surface area contributed by atoms with E-state index in [1.54, 1.807) is 19.2 Å². The Morgan fingerprint density at radius 1 is 1.00 bits per heavy atom. The summed E-state index contributed by atoms with van der Waals surface area (Å²) in [6.07, 6.45) is 0. The summed E-state index contributed by atoms with van der Waals surface area (Å²) in [5.41, 5.74) is 2.65. The minimum atomic E-state index is -0.110. The number of rotatable bonds is 4. The van der Waals surface area contributed by atoms with Gasteiger partial charge in [0.2, 0.25) is 0 Å². The molecule has 0 saturated heterocycles. The molecule has 0 amide bonds. The van der Waals surface area contributed by atoms with Crippen LogP contribution in [0.25, 0.3) is 11.3 Å². The van der Waals surface area contributed by atoms with Gasteiger partial charge >= 0.3 is 0 Å². The quantitative estimate of drug-likeness (QED) is 0.609. The third-order valence-electron chi connectivity index (χ3n) is 3.50. The summed E-state index contributed by atoms with van der Waals surface area (Å²) in [5.74, 6) is 0.793. The van der Waals surface area contributed by atoms with Crippen molar-refractivity contribution in [3.8, 4) is 17.0 Å². The second kappa shape index (κ2) is 6.95. The Bertz CT molecular complexity index is 855. The van der Waals surface area contributed by atoms with Crippen LogP contribution in [-0.4, -0.2) is 16.9 Å². The van der Waals surface area contributed by atoms with E-state index >= 15 is 0 Å². The first-order chi connectivity index (χ1) is 11.2. The minimum Gasteiger partial charge on any atom is -0.497 e. The normalized spacial score (nSPS) is 10.5. The maximum atomic E-state index is 12.1. The zero-order chi connectivity index (χ0) is 16.2. The number of methoxy groups -OCH3 is 1. The maximum Gasteiger partial charge on any atom is 0.267 e. The number of hydrogen-bond donors (Lipinski definition) is 0. The van der Waals surface area contributed by atoms with Gasteiger partial charge < -0.3 is 4.74 Å². The lowest BCUT2D eigenvalue weighted by atomic mass is 10.1. The lowest BCUT2D eigenvalue weighted by molar-refractivity contribution is 0.415. The summed E-state index contributed by atoms with van der Waals surface area (Å²) in [4.78, 5) is 12.1. The van der Waals surface area contributed by atoms with Gasteiger partial charge in [-0.3, -0.25) is 4.79 Å². The first-order valence-electron chi connectivity index (χ1n) is 7.13. The molecule has 0 fully saturated rings. The van der Waals surface area contributed by atoms with Crippen LogP contribution in [0.5, 0.6) is 5.75 Å². The van der Waals surface area contributed by atoms with Gasteiger partial charge in [0, 0.05) is 15.2 Å². The summed E-state index contributed by atoms with van der Waals surface area (Å²) in [6, 6.07) is 19.0. The van der Waals surface area contributed by atoms with Crippen molar-refractivity contribution >= 4 is 22.6 Å². The Kier molecular flexibility index (Phi) is 4.76. The number of hydrogen-bond acceptors (Lipinski definition) is 3. The predicted octanol–water partition coefficient (Wildman–Crippen LogP) is 3.57. The van der Waals surface area contributed by atoms with Crippen LogP contribution in [0.4, 0.5) is 0 Å². The van der Waals surface area contributed by atoms with E-state index in [1.165, 1.54) is 8.25 Å². The van der Waals surface area contributed by atoms with Crippen molar-refractivity contribution in [2.75, 3.05) is 7.11 Å². The van der Waals surface area contributed by atoms with Gasteiger partial charge in [0.25, 0.3) is 5.56 Å². The molecule has 0 aliphatic rings. The second-order valence-electron chi connectivity index (χ2n) is 5.07. The highest BCUT2D eigenvalue weighted by Gasteiger charge is 2.05. The Morgan fingerprint density at radius 3 is 2.35 bits per heavy atom. The molecule has 3 aromatic rings. The molecule has 3 rings (SSSR count). The molecule has 2 aromatic carbocycles. The fraction of sp³-hybridized carbons (Fsp3) is 0.111. The van der Waals surface area contributed by atoms with Gasteiger partial charge in [0.15, 0.2) is 0 Å². The van der Waals surface area contributed by atoms with Gasteiger partial charge in [-0.15, -0.1) is 0 Å². The van der Waals surface area contributed by atoms with Gasteiger partial charge in [-0.2, -0.15) is 5.10 Å². The van der Waals surface area contributed by atoms with Crippen LogP contribution in [0.15, 0.2) is 65.5 Å². The largest absolute Gasteiger partial charge is 0.497 e. The number of nitrogens with zero attached hydrogens (tertiary/aromatic N) is 2. The third-order valence-corrected chi connectivity index (χ3v) is 4.22. The molecule has 4 nitrogen and oxygen atoms in total. The van der Waals surface area contributed by atoms with Gasteiger partial charge in [-0.25, -0.2) is 4.68 Å². The number of halogens is 1. The van der Waals surface area contributed by atoms with E-state index in [-0.39, 0.29) is 5.56 Å². The van der Waals surface area contributed by atoms with Crippen molar-refractivity contribution in [1.29, 1.82) is 0 Å². The number of ether oxygens (including phenoxy) is 1. The fourth-order valence-electron chi connectivity index (χ4n) is 2.24. The molecular formula is C18H15IN2O2. The third kappa shape index (κ3) is 3.79. The summed E-state index contributed by atoms with van der Waals surface area (Å²) < 4.78 is 7.81. The molecule has 0 saturated carbocycles. The van der Waals surface area contributed by atoms with Crippen LogP contribution in [0, 0.1) is 3.57 Å². The molecule has 0 N–H and O–H groups in total. The van der Waals surface area contributed by atoms with E-state index in [0.717, 1.165) is 22.6 Å². The Labute approximate surface area is 147 Å². The molecule has 1 aromatic heterocycles. The van der Waals surface area contributed by atoms with Crippen molar-refractivity contribution in [2.24, 2.45) is 0 Å². The van der Waals surface area contributed by atoms with E-state index in [1.807, 2.05) is 48.5 Å². The average Bonchev–Trinajstić information content (AvgIpc) is 2.59. The van der Waals surface area contributed by atoms with Crippen LogP contribution >= 0.6 is 22.6 Å². The van der Waals surface area contributed by atoms with E-state index < -0.39 is 0 Å². The zero-order valence-corrected chi connectivity index (χ0v) is 14.7. The van der Waals surface area contributed by atoms with E-state index in [0.29, 0.717) is 6.54 Å². The summed E-state index contributed by atoms with van der Waals surface area (Å²) in [7, 11) is 1.63. The molecule has 0 spiro atoms. The Balaban J connectivity index is 1.91. The molecule has 0 atom stereocenters. The molecular weight excluding hydrogens is 403 g/mol. The van der Waals surface area contributed by atoms with Crippen molar-refractivity contribution in [3.63, 3.8) is 0 Å². The number of aromatic nitrogens is 2. The molecule has 23 heavy (non-hydrogen) atoms. The van der Waals surface area contributed by atoms with Crippen LogP contribution in [-0.2, 0) is 6.54 Å². The zero-order valence-electron chi connectivity index (χ0n) is 12.6. The molecule has 0 aliphatic heterocycles. The lowest BCUT2D eigenvalue weighted by Crippen LogP contribution is -2.22. The van der Waals surface area contributed by atoms with Gasteiger partial charge in [0.1, 0.15) is 5.75 Å². The van der Waals surface area contributed by atoms with Crippen LogP contribution < -0.4 is 10.3 Å².